The molecule has 8 heteroatoms. The van der Waals surface area contributed by atoms with Gasteiger partial charge in [-0.3, -0.25) is 9.67 Å². The summed E-state index contributed by atoms with van der Waals surface area (Å²) in [6.45, 7) is 2.09. The molecule has 0 aliphatic carbocycles. The predicted octanol–water partition coefficient (Wildman–Crippen LogP) is 1.91. The summed E-state index contributed by atoms with van der Waals surface area (Å²) in [7, 11) is 3.00. The minimum Gasteiger partial charge on any atom is -0.464 e. The van der Waals surface area contributed by atoms with Gasteiger partial charge in [-0.05, 0) is 6.42 Å². The predicted molar refractivity (Wildman–Crippen MR) is 97.9 cm³/mol. The molecular formula is C18H19N5O3. The summed E-state index contributed by atoms with van der Waals surface area (Å²) in [6.07, 6.45) is 0.706. The Kier molecular flexibility index (Phi) is 4.92. The Bertz CT molecular complexity index is 926. The van der Waals surface area contributed by atoms with Crippen LogP contribution in [0.1, 0.15) is 23.7 Å². The van der Waals surface area contributed by atoms with E-state index in [1.54, 1.807) is 11.7 Å². The molecule has 3 rings (SSSR count). The van der Waals surface area contributed by atoms with E-state index in [1.807, 2.05) is 37.3 Å². The van der Waals surface area contributed by atoms with Crippen molar-refractivity contribution in [3.05, 3.63) is 47.2 Å². The van der Waals surface area contributed by atoms with Gasteiger partial charge in [0.25, 0.3) is 0 Å². The summed E-state index contributed by atoms with van der Waals surface area (Å²) in [5.74, 6) is -0.217. The number of ether oxygens (including phenoxy) is 1. The summed E-state index contributed by atoms with van der Waals surface area (Å²) >= 11 is 0. The molecule has 2 heterocycles. The van der Waals surface area contributed by atoms with Crippen LogP contribution >= 0.6 is 0 Å². The molecule has 0 unspecified atom stereocenters. The van der Waals surface area contributed by atoms with Crippen LogP contribution in [0.4, 0.5) is 5.82 Å². The zero-order valence-corrected chi connectivity index (χ0v) is 14.8. The molecule has 0 saturated carbocycles. The van der Waals surface area contributed by atoms with Crippen LogP contribution in [0, 0.1) is 0 Å². The highest BCUT2D eigenvalue weighted by molar-refractivity contribution is 6.66. The van der Waals surface area contributed by atoms with Crippen molar-refractivity contribution in [3.8, 4) is 0 Å². The summed E-state index contributed by atoms with van der Waals surface area (Å²) in [4.78, 5) is 21.1. The van der Waals surface area contributed by atoms with Crippen LogP contribution < -0.4 is 0 Å². The Hall–Kier alpha value is -3.29. The van der Waals surface area contributed by atoms with E-state index in [4.69, 9.17) is 0 Å². The highest BCUT2D eigenvalue weighted by atomic mass is 16.5. The Balaban J connectivity index is 2.22. The van der Waals surface area contributed by atoms with E-state index in [9.17, 15) is 10.0 Å². The lowest BCUT2D eigenvalue weighted by Gasteiger charge is -2.06. The van der Waals surface area contributed by atoms with E-state index in [0.717, 1.165) is 22.5 Å². The minimum atomic E-state index is -0.774. The SMILES string of the molecule is CCc1nn(C)c2c1C(c1ccccc1)=NCC(/C(=N\O)C(=O)OC)=N2. The molecule has 0 bridgehead atoms. The van der Waals surface area contributed by atoms with Gasteiger partial charge in [0, 0.05) is 12.6 Å². The maximum Gasteiger partial charge on any atom is 0.362 e. The number of hydrogen-bond donors (Lipinski definition) is 1. The van der Waals surface area contributed by atoms with Crippen LogP contribution in [-0.2, 0) is 23.0 Å². The summed E-state index contributed by atoms with van der Waals surface area (Å²) in [5.41, 5.74) is 3.29. The number of aliphatic imine (C=N–C) groups is 2. The molecule has 1 aliphatic rings. The average Bonchev–Trinajstić information content (AvgIpc) is 2.86. The van der Waals surface area contributed by atoms with Gasteiger partial charge in [0.2, 0.25) is 5.71 Å². The first-order chi connectivity index (χ1) is 12.6. The quantitative estimate of drug-likeness (QED) is 0.392. The smallest absolute Gasteiger partial charge is 0.362 e. The molecule has 1 aliphatic heterocycles. The Morgan fingerprint density at radius 2 is 2.08 bits per heavy atom. The molecule has 134 valence electrons. The van der Waals surface area contributed by atoms with Gasteiger partial charge < -0.3 is 9.94 Å². The Morgan fingerprint density at radius 3 is 2.69 bits per heavy atom. The number of fused-ring (bicyclic) bond motifs is 1. The highest BCUT2D eigenvalue weighted by Crippen LogP contribution is 2.29. The second-order valence-corrected chi connectivity index (χ2v) is 5.65. The number of nitrogens with zero attached hydrogens (tertiary/aromatic N) is 5. The van der Waals surface area contributed by atoms with Crippen LogP contribution in [0.2, 0.25) is 0 Å². The van der Waals surface area contributed by atoms with Gasteiger partial charge in [-0.25, -0.2) is 9.79 Å². The van der Waals surface area contributed by atoms with E-state index in [-0.39, 0.29) is 18.0 Å². The Morgan fingerprint density at radius 1 is 1.35 bits per heavy atom. The van der Waals surface area contributed by atoms with E-state index in [1.165, 1.54) is 7.11 Å². The van der Waals surface area contributed by atoms with Crippen molar-refractivity contribution < 1.29 is 14.7 Å². The van der Waals surface area contributed by atoms with Crippen molar-refractivity contribution in [2.75, 3.05) is 13.7 Å². The van der Waals surface area contributed by atoms with Gasteiger partial charge in [0.05, 0.1) is 30.6 Å². The number of carbonyl (C=O) groups is 1. The van der Waals surface area contributed by atoms with Crippen molar-refractivity contribution in [2.45, 2.75) is 13.3 Å². The Labute approximate surface area is 150 Å². The first-order valence-corrected chi connectivity index (χ1v) is 8.15. The van der Waals surface area contributed by atoms with Gasteiger partial charge >= 0.3 is 5.97 Å². The number of esters is 1. The zero-order chi connectivity index (χ0) is 18.7. The molecule has 26 heavy (non-hydrogen) atoms. The molecule has 2 aromatic rings. The normalized spacial score (nSPS) is 14.2. The average molecular weight is 353 g/mol. The van der Waals surface area contributed by atoms with Gasteiger partial charge in [0.15, 0.2) is 5.82 Å². The zero-order valence-electron chi connectivity index (χ0n) is 14.8. The number of rotatable bonds is 4. The minimum absolute atomic E-state index is 0.0799. The van der Waals surface area contributed by atoms with Crippen LogP contribution in [-0.4, -0.2) is 51.7 Å². The molecule has 0 atom stereocenters. The van der Waals surface area contributed by atoms with E-state index in [2.05, 4.69) is 25.0 Å². The van der Waals surface area contributed by atoms with E-state index in [0.29, 0.717) is 12.2 Å². The van der Waals surface area contributed by atoms with Crippen molar-refractivity contribution in [1.29, 1.82) is 0 Å². The van der Waals surface area contributed by atoms with Crippen molar-refractivity contribution in [2.24, 2.45) is 22.2 Å². The molecule has 0 fully saturated rings. The van der Waals surface area contributed by atoms with Gasteiger partial charge in [-0.15, -0.1) is 0 Å². The summed E-state index contributed by atoms with van der Waals surface area (Å²) in [6, 6.07) is 9.71. The summed E-state index contributed by atoms with van der Waals surface area (Å²) in [5, 5.41) is 16.8. The van der Waals surface area contributed by atoms with Gasteiger partial charge in [-0.2, -0.15) is 5.10 Å². The number of carbonyl (C=O) groups excluding carboxylic acids is 1. The summed E-state index contributed by atoms with van der Waals surface area (Å²) < 4.78 is 6.31. The molecule has 8 nitrogen and oxygen atoms in total. The highest BCUT2D eigenvalue weighted by Gasteiger charge is 2.27. The number of hydrogen-bond acceptors (Lipinski definition) is 7. The first kappa shape index (κ1) is 17.5. The maximum absolute atomic E-state index is 11.9. The lowest BCUT2D eigenvalue weighted by atomic mass is 10.0. The van der Waals surface area contributed by atoms with Crippen LogP contribution in [0.25, 0.3) is 0 Å². The molecular weight excluding hydrogens is 334 g/mol. The molecule has 0 saturated heterocycles. The van der Waals surface area contributed by atoms with Gasteiger partial charge in [0.1, 0.15) is 5.71 Å². The lowest BCUT2D eigenvalue weighted by molar-refractivity contribution is -0.132. The van der Waals surface area contributed by atoms with E-state index < -0.39 is 5.97 Å². The second-order valence-electron chi connectivity index (χ2n) is 5.65. The topological polar surface area (TPSA) is 101 Å². The fourth-order valence-electron chi connectivity index (χ4n) is 2.86. The number of methoxy groups -OCH3 is 1. The van der Waals surface area contributed by atoms with Gasteiger partial charge in [-0.1, -0.05) is 42.4 Å². The van der Waals surface area contributed by atoms with Crippen LogP contribution in [0.15, 0.2) is 45.5 Å². The van der Waals surface area contributed by atoms with Crippen molar-refractivity contribution in [3.63, 3.8) is 0 Å². The fraction of sp³-hybridized carbons (Fsp3) is 0.278. The number of aromatic nitrogens is 2. The van der Waals surface area contributed by atoms with E-state index >= 15 is 0 Å². The largest absolute Gasteiger partial charge is 0.464 e. The van der Waals surface area contributed by atoms with Crippen LogP contribution in [0.5, 0.6) is 0 Å². The van der Waals surface area contributed by atoms with Crippen molar-refractivity contribution >= 4 is 28.9 Å². The molecule has 1 N–H and O–H groups in total. The first-order valence-electron chi connectivity index (χ1n) is 8.15. The van der Waals surface area contributed by atoms with Crippen molar-refractivity contribution in [1.82, 2.24) is 9.78 Å². The number of aryl methyl sites for hydroxylation is 2. The molecule has 0 amide bonds. The third-order valence-corrected chi connectivity index (χ3v) is 4.09. The second kappa shape index (κ2) is 7.30. The standard InChI is InChI=1S/C18H19N5O3/c1-4-12-14-15(11-8-6-5-7-9-11)19-10-13(16(22-25)18(24)26-3)20-17(14)23(2)21-12/h5-9,25H,4,10H2,1-3H3/b22-16+. The lowest BCUT2D eigenvalue weighted by Crippen LogP contribution is -2.27. The molecule has 0 radical (unpaired) electrons. The fourth-order valence-corrected chi connectivity index (χ4v) is 2.86. The van der Waals surface area contributed by atoms with Crippen LogP contribution in [0.3, 0.4) is 0 Å². The number of oxime groups is 1. The monoisotopic (exact) mass is 353 g/mol. The molecule has 0 spiro atoms. The molecule has 1 aromatic carbocycles. The molecule has 1 aromatic heterocycles. The third kappa shape index (κ3) is 3.01. The third-order valence-electron chi connectivity index (χ3n) is 4.09. The maximum atomic E-state index is 11.9. The number of benzene rings is 1.